The Morgan fingerprint density at radius 3 is 2.75 bits per heavy atom. The van der Waals surface area contributed by atoms with Gasteiger partial charge in [-0.3, -0.25) is 0 Å². The molecule has 0 fully saturated rings. The Balaban J connectivity index is 3.78. The first-order chi connectivity index (χ1) is 5.70. The van der Waals surface area contributed by atoms with Crippen LogP contribution in [0.25, 0.3) is 0 Å². The van der Waals surface area contributed by atoms with Gasteiger partial charge < -0.3 is 10.1 Å². The van der Waals surface area contributed by atoms with Crippen LogP contribution in [0.5, 0.6) is 0 Å². The molecule has 0 aliphatic carbocycles. The first-order valence-electron chi connectivity index (χ1n) is 4.05. The summed E-state index contributed by atoms with van der Waals surface area (Å²) >= 11 is 0. The number of hydrogen-bond acceptors (Lipinski definition) is 3. The Bertz CT molecular complexity index is 179. The molecule has 0 saturated carbocycles. The summed E-state index contributed by atoms with van der Waals surface area (Å²) in [6.07, 6.45) is 1.90. The lowest BCUT2D eigenvalue weighted by atomic mass is 10.2. The summed E-state index contributed by atoms with van der Waals surface area (Å²) in [7, 11) is 1.64. The third-order valence-electron chi connectivity index (χ3n) is 1.24. The van der Waals surface area contributed by atoms with E-state index in [1.165, 1.54) is 0 Å². The van der Waals surface area contributed by atoms with Crippen molar-refractivity contribution in [2.45, 2.75) is 13.8 Å². The second kappa shape index (κ2) is 6.68. The summed E-state index contributed by atoms with van der Waals surface area (Å²) in [5.41, 5.74) is 0.627. The van der Waals surface area contributed by atoms with E-state index >= 15 is 0 Å². The van der Waals surface area contributed by atoms with Gasteiger partial charge in [0.2, 0.25) is 0 Å². The molecule has 0 rings (SSSR count). The van der Waals surface area contributed by atoms with Crippen molar-refractivity contribution >= 4 is 0 Å². The molecule has 0 radical (unpaired) electrons. The Labute approximate surface area is 74.0 Å². The van der Waals surface area contributed by atoms with Gasteiger partial charge in [0.15, 0.2) is 0 Å². The van der Waals surface area contributed by atoms with E-state index in [1.54, 1.807) is 7.11 Å². The minimum atomic E-state index is 0.398. The molecule has 12 heavy (non-hydrogen) atoms. The van der Waals surface area contributed by atoms with Gasteiger partial charge in [-0.2, -0.15) is 5.26 Å². The predicted octanol–water partition coefficient (Wildman–Crippen LogP) is 1.29. The molecule has 3 nitrogen and oxygen atoms in total. The first-order valence-corrected chi connectivity index (χ1v) is 4.05. The van der Waals surface area contributed by atoms with Crippen LogP contribution < -0.4 is 5.32 Å². The van der Waals surface area contributed by atoms with Gasteiger partial charge in [0.1, 0.15) is 11.8 Å². The van der Waals surface area contributed by atoms with E-state index in [9.17, 15) is 0 Å². The molecule has 0 atom stereocenters. The molecule has 0 saturated heterocycles. The number of nitrogens with zero attached hydrogens (tertiary/aromatic N) is 1. The van der Waals surface area contributed by atoms with E-state index in [-0.39, 0.29) is 0 Å². The summed E-state index contributed by atoms with van der Waals surface area (Å²) in [4.78, 5) is 0. The van der Waals surface area contributed by atoms with Crippen molar-refractivity contribution in [2.24, 2.45) is 5.92 Å². The third kappa shape index (κ3) is 5.75. The average Bonchev–Trinajstić information content (AvgIpc) is 2.02. The molecule has 0 aliphatic heterocycles. The second-order valence-electron chi connectivity index (χ2n) is 2.86. The summed E-state index contributed by atoms with van der Waals surface area (Å²) < 4.78 is 4.84. The molecule has 0 aliphatic rings. The highest BCUT2D eigenvalue weighted by molar-refractivity contribution is 5.18. The van der Waals surface area contributed by atoms with Crippen molar-refractivity contribution in [1.82, 2.24) is 5.32 Å². The fourth-order valence-corrected chi connectivity index (χ4v) is 0.757. The molecule has 68 valence electrons. The first kappa shape index (κ1) is 11.0. The lowest BCUT2D eigenvalue weighted by molar-refractivity contribution is 0.202. The van der Waals surface area contributed by atoms with E-state index in [1.807, 2.05) is 19.9 Å². The van der Waals surface area contributed by atoms with Gasteiger partial charge in [0.25, 0.3) is 0 Å². The van der Waals surface area contributed by atoms with Gasteiger partial charge in [-0.15, -0.1) is 0 Å². The summed E-state index contributed by atoms with van der Waals surface area (Å²) in [6.45, 7) is 5.38. The maximum absolute atomic E-state index is 8.65. The van der Waals surface area contributed by atoms with Crippen molar-refractivity contribution in [3.8, 4) is 6.07 Å². The molecule has 0 aromatic heterocycles. The zero-order chi connectivity index (χ0) is 9.40. The molecule has 1 N–H and O–H groups in total. The SMILES string of the molecule is COCCN/C(C#N)=C\C(C)C. The quantitative estimate of drug-likeness (QED) is 0.497. The molecular formula is C9H16N2O. The van der Waals surface area contributed by atoms with E-state index < -0.39 is 0 Å². The van der Waals surface area contributed by atoms with Gasteiger partial charge >= 0.3 is 0 Å². The van der Waals surface area contributed by atoms with Crippen LogP contribution >= 0.6 is 0 Å². The van der Waals surface area contributed by atoms with Crippen LogP contribution in [0, 0.1) is 17.2 Å². The molecule has 0 aromatic carbocycles. The fourth-order valence-electron chi connectivity index (χ4n) is 0.757. The molecule has 3 heteroatoms. The van der Waals surface area contributed by atoms with Crippen LogP contribution in [0.4, 0.5) is 0 Å². The van der Waals surface area contributed by atoms with Crippen LogP contribution in [-0.4, -0.2) is 20.3 Å². The smallest absolute Gasteiger partial charge is 0.117 e. The summed E-state index contributed by atoms with van der Waals surface area (Å²) in [5.74, 6) is 0.398. The monoisotopic (exact) mass is 168 g/mol. The van der Waals surface area contributed by atoms with Gasteiger partial charge in [0, 0.05) is 13.7 Å². The Hall–Kier alpha value is -1.01. The lowest BCUT2D eigenvalue weighted by Crippen LogP contribution is -2.18. The standard InChI is InChI=1S/C9H16N2O/c1-8(2)6-9(7-10)11-4-5-12-3/h6,8,11H,4-5H2,1-3H3/b9-6-. The molecule has 0 heterocycles. The fraction of sp³-hybridized carbons (Fsp3) is 0.667. The zero-order valence-electron chi connectivity index (χ0n) is 7.92. The van der Waals surface area contributed by atoms with Gasteiger partial charge in [-0.25, -0.2) is 0 Å². The topological polar surface area (TPSA) is 45.0 Å². The minimum Gasteiger partial charge on any atom is -0.383 e. The molecule has 0 aromatic rings. The van der Waals surface area contributed by atoms with Gasteiger partial charge in [-0.05, 0) is 12.0 Å². The van der Waals surface area contributed by atoms with Gasteiger partial charge in [-0.1, -0.05) is 13.8 Å². The van der Waals surface area contributed by atoms with Crippen LogP contribution in [0.2, 0.25) is 0 Å². The van der Waals surface area contributed by atoms with Crippen LogP contribution in [0.1, 0.15) is 13.8 Å². The number of methoxy groups -OCH3 is 1. The molecule has 0 amide bonds. The van der Waals surface area contributed by atoms with Crippen molar-refractivity contribution in [1.29, 1.82) is 5.26 Å². The Kier molecular flexibility index (Phi) is 6.12. The van der Waals surface area contributed by atoms with Gasteiger partial charge in [0.05, 0.1) is 6.61 Å². The van der Waals surface area contributed by atoms with Crippen molar-refractivity contribution < 1.29 is 4.74 Å². The van der Waals surface area contributed by atoms with E-state index in [2.05, 4.69) is 11.4 Å². The number of nitriles is 1. The van der Waals surface area contributed by atoms with E-state index in [0.717, 1.165) is 0 Å². The highest BCUT2D eigenvalue weighted by Crippen LogP contribution is 1.97. The van der Waals surface area contributed by atoms with E-state index in [0.29, 0.717) is 24.8 Å². The Morgan fingerprint density at radius 1 is 1.67 bits per heavy atom. The Morgan fingerprint density at radius 2 is 2.33 bits per heavy atom. The molecule has 0 bridgehead atoms. The van der Waals surface area contributed by atoms with Crippen LogP contribution in [0.15, 0.2) is 11.8 Å². The van der Waals surface area contributed by atoms with Crippen molar-refractivity contribution in [2.75, 3.05) is 20.3 Å². The molecule has 0 spiro atoms. The van der Waals surface area contributed by atoms with E-state index in [4.69, 9.17) is 10.00 Å². The predicted molar refractivity (Wildman–Crippen MR) is 48.4 cm³/mol. The number of ether oxygens (including phenoxy) is 1. The minimum absolute atomic E-state index is 0.398. The van der Waals surface area contributed by atoms with Crippen molar-refractivity contribution in [3.05, 3.63) is 11.8 Å². The number of rotatable bonds is 5. The third-order valence-corrected chi connectivity index (χ3v) is 1.24. The maximum Gasteiger partial charge on any atom is 0.117 e. The van der Waals surface area contributed by atoms with Crippen molar-refractivity contribution in [3.63, 3.8) is 0 Å². The highest BCUT2D eigenvalue weighted by atomic mass is 16.5. The molecular weight excluding hydrogens is 152 g/mol. The number of allylic oxidation sites excluding steroid dienone is 2. The largest absolute Gasteiger partial charge is 0.383 e. The average molecular weight is 168 g/mol. The number of hydrogen-bond donors (Lipinski definition) is 1. The normalized spacial score (nSPS) is 11.4. The summed E-state index contributed by atoms with van der Waals surface area (Å²) in [5, 5.41) is 11.6. The number of nitrogens with one attached hydrogen (secondary N) is 1. The zero-order valence-corrected chi connectivity index (χ0v) is 7.92. The van der Waals surface area contributed by atoms with Crippen LogP contribution in [0.3, 0.4) is 0 Å². The summed E-state index contributed by atoms with van der Waals surface area (Å²) in [6, 6.07) is 2.09. The second-order valence-corrected chi connectivity index (χ2v) is 2.86. The molecule has 0 unspecified atom stereocenters. The lowest BCUT2D eigenvalue weighted by Gasteiger charge is -2.04. The maximum atomic E-state index is 8.65. The highest BCUT2D eigenvalue weighted by Gasteiger charge is 1.94. The van der Waals surface area contributed by atoms with Crippen LogP contribution in [-0.2, 0) is 4.74 Å².